The summed E-state index contributed by atoms with van der Waals surface area (Å²) in [7, 11) is 0. The number of nitrogens with one attached hydrogen (secondary N) is 1. The van der Waals surface area contributed by atoms with Crippen molar-refractivity contribution in [3.8, 4) is 0 Å². The first kappa shape index (κ1) is 15.7. The van der Waals surface area contributed by atoms with Crippen molar-refractivity contribution in [2.24, 2.45) is 5.73 Å². The zero-order valence-corrected chi connectivity index (χ0v) is 12.2. The number of primary amides is 1. The largest absolute Gasteiger partial charge is 0.372 e. The first-order chi connectivity index (χ1) is 10.5. The fourth-order valence-corrected chi connectivity index (χ4v) is 2.28. The Labute approximate surface area is 128 Å². The lowest BCUT2D eigenvalue weighted by molar-refractivity contribution is -0.133. The Morgan fingerprint density at radius 3 is 2.32 bits per heavy atom. The van der Waals surface area contributed by atoms with Crippen molar-refractivity contribution >= 4 is 11.8 Å². The number of aliphatic hydroxyl groups is 1. The lowest BCUT2D eigenvalue weighted by atomic mass is 9.85. The molecule has 5 nitrogen and oxygen atoms in total. The molecule has 0 saturated carbocycles. The van der Waals surface area contributed by atoms with E-state index < -0.39 is 11.5 Å². The summed E-state index contributed by atoms with van der Waals surface area (Å²) in [5, 5.41) is 13.5. The van der Waals surface area contributed by atoms with E-state index in [9.17, 15) is 14.7 Å². The van der Waals surface area contributed by atoms with Gasteiger partial charge >= 0.3 is 0 Å². The lowest BCUT2D eigenvalue weighted by Gasteiger charge is -2.26. The number of nitrogens with two attached hydrogens (primary N) is 1. The van der Waals surface area contributed by atoms with Crippen LogP contribution in [-0.2, 0) is 10.4 Å². The number of carbonyl (C=O) groups is 2. The zero-order chi connectivity index (χ0) is 16.2. The standard InChI is InChI=1S/C17H18N2O3/c1-2-19-15(20)12-7-6-10-14(11-12)17(22,16(18)21)13-8-4-3-5-9-13/h3-11,22H,2H2,1H3,(H2,18,21)(H,19,20). The maximum atomic E-state index is 11.9. The van der Waals surface area contributed by atoms with Gasteiger partial charge < -0.3 is 16.2 Å². The van der Waals surface area contributed by atoms with Crippen molar-refractivity contribution in [3.63, 3.8) is 0 Å². The highest BCUT2D eigenvalue weighted by Crippen LogP contribution is 2.29. The molecule has 2 amide bonds. The molecule has 0 heterocycles. The van der Waals surface area contributed by atoms with Gasteiger partial charge in [-0.15, -0.1) is 0 Å². The van der Waals surface area contributed by atoms with Gasteiger partial charge in [0, 0.05) is 12.1 Å². The molecular formula is C17H18N2O3. The van der Waals surface area contributed by atoms with Crippen LogP contribution in [0.3, 0.4) is 0 Å². The van der Waals surface area contributed by atoms with E-state index in [1.807, 2.05) is 6.92 Å². The molecule has 0 aliphatic rings. The molecule has 0 saturated heterocycles. The average Bonchev–Trinajstić information content (AvgIpc) is 2.55. The second kappa shape index (κ2) is 6.41. The topological polar surface area (TPSA) is 92.4 Å². The van der Waals surface area contributed by atoms with Gasteiger partial charge in [-0.2, -0.15) is 0 Å². The van der Waals surface area contributed by atoms with Gasteiger partial charge in [0.1, 0.15) is 0 Å². The predicted molar refractivity (Wildman–Crippen MR) is 83.1 cm³/mol. The third-order valence-corrected chi connectivity index (χ3v) is 3.43. The second-order valence-electron chi connectivity index (χ2n) is 4.88. The lowest BCUT2D eigenvalue weighted by Crippen LogP contribution is -2.42. The monoisotopic (exact) mass is 298 g/mol. The van der Waals surface area contributed by atoms with Crippen molar-refractivity contribution in [1.82, 2.24) is 5.32 Å². The van der Waals surface area contributed by atoms with Crippen LogP contribution in [0.4, 0.5) is 0 Å². The molecule has 0 aliphatic heterocycles. The van der Waals surface area contributed by atoms with Crippen LogP contribution in [0.5, 0.6) is 0 Å². The second-order valence-corrected chi connectivity index (χ2v) is 4.88. The number of hydrogen-bond acceptors (Lipinski definition) is 3. The molecule has 1 unspecified atom stereocenters. The molecule has 22 heavy (non-hydrogen) atoms. The Kier molecular flexibility index (Phi) is 4.58. The maximum absolute atomic E-state index is 11.9. The minimum atomic E-state index is -1.98. The van der Waals surface area contributed by atoms with Gasteiger partial charge in [-0.1, -0.05) is 42.5 Å². The Morgan fingerprint density at radius 2 is 1.73 bits per heavy atom. The van der Waals surface area contributed by atoms with Gasteiger partial charge in [0.15, 0.2) is 5.60 Å². The molecule has 0 aliphatic carbocycles. The summed E-state index contributed by atoms with van der Waals surface area (Å²) < 4.78 is 0. The van der Waals surface area contributed by atoms with Gasteiger partial charge in [0.25, 0.3) is 11.8 Å². The minimum absolute atomic E-state index is 0.259. The fraction of sp³-hybridized carbons (Fsp3) is 0.176. The molecule has 2 aromatic carbocycles. The normalized spacial score (nSPS) is 13.2. The zero-order valence-electron chi connectivity index (χ0n) is 12.2. The number of rotatable bonds is 5. The van der Waals surface area contributed by atoms with Crippen LogP contribution in [0.1, 0.15) is 28.4 Å². The molecule has 0 bridgehead atoms. The van der Waals surface area contributed by atoms with E-state index in [0.717, 1.165) is 0 Å². The molecule has 1 atom stereocenters. The first-order valence-electron chi connectivity index (χ1n) is 6.96. The predicted octanol–water partition coefficient (Wildman–Crippen LogP) is 1.16. The summed E-state index contributed by atoms with van der Waals surface area (Å²) in [4.78, 5) is 23.8. The van der Waals surface area contributed by atoms with Crippen molar-refractivity contribution < 1.29 is 14.7 Å². The molecule has 0 spiro atoms. The summed E-state index contributed by atoms with van der Waals surface area (Å²) in [6.07, 6.45) is 0. The Hall–Kier alpha value is -2.66. The smallest absolute Gasteiger partial charge is 0.258 e. The molecule has 2 aromatic rings. The molecule has 2 rings (SSSR count). The molecule has 0 aromatic heterocycles. The maximum Gasteiger partial charge on any atom is 0.258 e. The van der Waals surface area contributed by atoms with Crippen LogP contribution < -0.4 is 11.1 Å². The van der Waals surface area contributed by atoms with Crippen molar-refractivity contribution in [1.29, 1.82) is 0 Å². The third-order valence-electron chi connectivity index (χ3n) is 3.43. The van der Waals surface area contributed by atoms with Gasteiger partial charge in [-0.25, -0.2) is 0 Å². The third kappa shape index (κ3) is 2.84. The SMILES string of the molecule is CCNC(=O)c1cccc(C(O)(C(N)=O)c2ccccc2)c1. The highest BCUT2D eigenvalue weighted by atomic mass is 16.3. The quantitative estimate of drug-likeness (QED) is 0.773. The van der Waals surface area contributed by atoms with E-state index in [-0.39, 0.29) is 11.5 Å². The van der Waals surface area contributed by atoms with Gasteiger partial charge in [0.05, 0.1) is 0 Å². The number of hydrogen-bond donors (Lipinski definition) is 3. The van der Waals surface area contributed by atoms with Crippen LogP contribution >= 0.6 is 0 Å². The highest BCUT2D eigenvalue weighted by Gasteiger charge is 2.38. The summed E-state index contributed by atoms with van der Waals surface area (Å²) in [5.41, 5.74) is 4.42. The molecule has 0 radical (unpaired) electrons. The van der Waals surface area contributed by atoms with Gasteiger partial charge in [-0.3, -0.25) is 9.59 Å². The van der Waals surface area contributed by atoms with E-state index in [2.05, 4.69) is 5.32 Å². The Balaban J connectivity index is 2.53. The van der Waals surface area contributed by atoms with Crippen molar-refractivity contribution in [2.45, 2.75) is 12.5 Å². The minimum Gasteiger partial charge on any atom is -0.372 e. The van der Waals surface area contributed by atoms with E-state index in [0.29, 0.717) is 17.7 Å². The molecule has 4 N–H and O–H groups in total. The molecular weight excluding hydrogens is 280 g/mol. The van der Waals surface area contributed by atoms with Crippen molar-refractivity contribution in [3.05, 3.63) is 71.3 Å². The first-order valence-corrected chi connectivity index (χ1v) is 6.96. The van der Waals surface area contributed by atoms with Crippen LogP contribution in [0, 0.1) is 0 Å². The fourth-order valence-electron chi connectivity index (χ4n) is 2.28. The van der Waals surface area contributed by atoms with Crippen LogP contribution in [-0.4, -0.2) is 23.5 Å². The van der Waals surface area contributed by atoms with E-state index >= 15 is 0 Å². The Bertz CT molecular complexity index is 685. The van der Waals surface area contributed by atoms with Gasteiger partial charge in [0.2, 0.25) is 0 Å². The summed E-state index contributed by atoms with van der Waals surface area (Å²) in [6.45, 7) is 2.30. The summed E-state index contributed by atoms with van der Waals surface area (Å²) in [5.74, 6) is -1.17. The number of benzene rings is 2. The van der Waals surface area contributed by atoms with Crippen LogP contribution in [0.2, 0.25) is 0 Å². The number of carbonyl (C=O) groups excluding carboxylic acids is 2. The molecule has 114 valence electrons. The van der Waals surface area contributed by atoms with E-state index in [1.54, 1.807) is 48.5 Å². The number of amides is 2. The van der Waals surface area contributed by atoms with Crippen LogP contribution in [0.25, 0.3) is 0 Å². The van der Waals surface area contributed by atoms with Crippen LogP contribution in [0.15, 0.2) is 54.6 Å². The Morgan fingerprint density at radius 1 is 1.09 bits per heavy atom. The molecule has 0 fully saturated rings. The van der Waals surface area contributed by atoms with Crippen molar-refractivity contribution in [2.75, 3.05) is 6.54 Å². The highest BCUT2D eigenvalue weighted by molar-refractivity contribution is 5.95. The van der Waals surface area contributed by atoms with Gasteiger partial charge in [-0.05, 0) is 30.2 Å². The average molecular weight is 298 g/mol. The summed E-state index contributed by atoms with van der Waals surface area (Å²) in [6, 6.07) is 14.7. The van der Waals surface area contributed by atoms with E-state index in [1.165, 1.54) is 6.07 Å². The van der Waals surface area contributed by atoms with E-state index in [4.69, 9.17) is 5.73 Å². The summed E-state index contributed by atoms with van der Waals surface area (Å²) >= 11 is 0. The molecule has 5 heteroatoms.